The first-order chi connectivity index (χ1) is 13.6. The zero-order valence-corrected chi connectivity index (χ0v) is 17.3. The Labute approximate surface area is 168 Å². The molecule has 6 rings (SSSR count). The third kappa shape index (κ3) is 3.77. The van der Waals surface area contributed by atoms with Crippen molar-refractivity contribution in [3.63, 3.8) is 0 Å². The van der Waals surface area contributed by atoms with Gasteiger partial charge in [-0.1, -0.05) is 0 Å². The van der Waals surface area contributed by atoms with Crippen molar-refractivity contribution in [2.24, 2.45) is 23.2 Å². The van der Waals surface area contributed by atoms with E-state index in [4.69, 9.17) is 4.98 Å². The van der Waals surface area contributed by atoms with E-state index in [9.17, 15) is 4.79 Å². The fraction of sp³-hybridized carbons (Fsp3) is 0.783. The Morgan fingerprint density at radius 2 is 1.71 bits per heavy atom. The molecule has 4 bridgehead atoms. The van der Waals surface area contributed by atoms with Crippen LogP contribution in [-0.4, -0.2) is 29.0 Å². The fourth-order valence-electron chi connectivity index (χ4n) is 7.06. The summed E-state index contributed by atoms with van der Waals surface area (Å²) >= 11 is 0. The van der Waals surface area contributed by atoms with E-state index in [1.807, 2.05) is 6.92 Å². The van der Waals surface area contributed by atoms with E-state index in [0.29, 0.717) is 18.4 Å². The summed E-state index contributed by atoms with van der Waals surface area (Å²) in [6.45, 7) is 4.63. The minimum atomic E-state index is 0.201. The molecule has 5 nitrogen and oxygen atoms in total. The van der Waals surface area contributed by atoms with Gasteiger partial charge in [0.05, 0.1) is 6.54 Å². The fourth-order valence-corrected chi connectivity index (χ4v) is 7.06. The van der Waals surface area contributed by atoms with Crippen molar-refractivity contribution in [1.29, 1.82) is 0 Å². The van der Waals surface area contributed by atoms with Gasteiger partial charge in [-0.25, -0.2) is 9.97 Å². The molecule has 0 aromatic carbocycles. The Bertz CT molecular complexity index is 705. The number of nitrogens with one attached hydrogen (secondary N) is 1. The van der Waals surface area contributed by atoms with Crippen LogP contribution in [0, 0.1) is 30.1 Å². The predicted molar refractivity (Wildman–Crippen MR) is 110 cm³/mol. The summed E-state index contributed by atoms with van der Waals surface area (Å²) in [5.41, 5.74) is 1.28. The average molecular weight is 383 g/mol. The van der Waals surface area contributed by atoms with Gasteiger partial charge in [0.2, 0.25) is 5.91 Å². The van der Waals surface area contributed by atoms with Crippen molar-refractivity contribution in [1.82, 2.24) is 15.3 Å². The summed E-state index contributed by atoms with van der Waals surface area (Å²) in [6, 6.07) is 2.08. The van der Waals surface area contributed by atoms with Gasteiger partial charge in [-0.3, -0.25) is 4.79 Å². The molecule has 5 fully saturated rings. The van der Waals surface area contributed by atoms with Crippen LogP contribution in [0.25, 0.3) is 0 Å². The Morgan fingerprint density at radius 3 is 2.36 bits per heavy atom. The summed E-state index contributed by atoms with van der Waals surface area (Å²) in [7, 11) is 0. The lowest BCUT2D eigenvalue weighted by Gasteiger charge is -2.56. The van der Waals surface area contributed by atoms with Crippen molar-refractivity contribution >= 4 is 11.7 Å². The molecule has 1 saturated heterocycles. The van der Waals surface area contributed by atoms with Crippen LogP contribution < -0.4 is 10.2 Å². The van der Waals surface area contributed by atoms with Gasteiger partial charge in [-0.2, -0.15) is 0 Å². The summed E-state index contributed by atoms with van der Waals surface area (Å²) in [6.07, 6.45) is 12.6. The molecule has 152 valence electrons. The van der Waals surface area contributed by atoms with Crippen LogP contribution in [0.3, 0.4) is 0 Å². The second-order valence-electron chi connectivity index (χ2n) is 10.2. The molecule has 4 saturated carbocycles. The second-order valence-corrected chi connectivity index (χ2v) is 10.2. The zero-order valence-electron chi connectivity index (χ0n) is 17.3. The van der Waals surface area contributed by atoms with E-state index in [-0.39, 0.29) is 5.91 Å². The molecular weight excluding hydrogens is 348 g/mol. The van der Waals surface area contributed by atoms with E-state index in [2.05, 4.69) is 21.3 Å². The molecule has 1 aliphatic heterocycles. The normalized spacial score (nSPS) is 33.9. The molecular formula is C23H34N4O. The van der Waals surface area contributed by atoms with Gasteiger partial charge < -0.3 is 10.2 Å². The van der Waals surface area contributed by atoms with Gasteiger partial charge in [-0.15, -0.1) is 0 Å². The number of rotatable bonds is 5. The number of hydrogen-bond acceptors (Lipinski definition) is 4. The minimum absolute atomic E-state index is 0.201. The van der Waals surface area contributed by atoms with E-state index < -0.39 is 0 Å². The molecule has 4 aliphatic carbocycles. The SMILES string of the molecule is Cc1cc(N2CCCCC2)nc(CNC(=O)CC23CC4CC(CC(C4)C2)C3)n1. The minimum Gasteiger partial charge on any atom is -0.357 e. The van der Waals surface area contributed by atoms with Crippen LogP contribution in [0.5, 0.6) is 0 Å². The average Bonchev–Trinajstić information content (AvgIpc) is 2.65. The van der Waals surface area contributed by atoms with E-state index in [1.165, 1.54) is 57.8 Å². The van der Waals surface area contributed by atoms with Crippen LogP contribution >= 0.6 is 0 Å². The quantitative estimate of drug-likeness (QED) is 0.836. The van der Waals surface area contributed by atoms with Crippen LogP contribution in [0.15, 0.2) is 6.07 Å². The molecule has 1 aromatic heterocycles. The molecule has 28 heavy (non-hydrogen) atoms. The Balaban J connectivity index is 1.20. The highest BCUT2D eigenvalue weighted by Gasteiger charge is 2.51. The lowest BCUT2D eigenvalue weighted by Crippen LogP contribution is -2.48. The second kappa shape index (κ2) is 7.31. The maximum atomic E-state index is 12.8. The number of carbonyl (C=O) groups is 1. The molecule has 1 N–H and O–H groups in total. The zero-order chi connectivity index (χ0) is 19.1. The van der Waals surface area contributed by atoms with Crippen LogP contribution in [-0.2, 0) is 11.3 Å². The Kier molecular flexibility index (Phi) is 4.80. The Morgan fingerprint density at radius 1 is 1.07 bits per heavy atom. The lowest BCUT2D eigenvalue weighted by molar-refractivity contribution is -0.129. The van der Waals surface area contributed by atoms with Gasteiger partial charge >= 0.3 is 0 Å². The van der Waals surface area contributed by atoms with Crippen LogP contribution in [0.2, 0.25) is 0 Å². The summed E-state index contributed by atoms with van der Waals surface area (Å²) in [4.78, 5) is 24.5. The highest BCUT2D eigenvalue weighted by Crippen LogP contribution is 2.61. The van der Waals surface area contributed by atoms with E-state index in [1.54, 1.807) is 0 Å². The van der Waals surface area contributed by atoms with Gasteiger partial charge in [0, 0.05) is 31.3 Å². The summed E-state index contributed by atoms with van der Waals surface area (Å²) < 4.78 is 0. The smallest absolute Gasteiger partial charge is 0.220 e. The van der Waals surface area contributed by atoms with Crippen molar-refractivity contribution in [2.75, 3.05) is 18.0 Å². The maximum Gasteiger partial charge on any atom is 0.220 e. The van der Waals surface area contributed by atoms with E-state index in [0.717, 1.165) is 48.2 Å². The molecule has 1 amide bonds. The highest BCUT2D eigenvalue weighted by atomic mass is 16.1. The summed E-state index contributed by atoms with van der Waals surface area (Å²) in [5.74, 6) is 4.66. The lowest BCUT2D eigenvalue weighted by atomic mass is 9.49. The van der Waals surface area contributed by atoms with Gasteiger partial charge in [0.1, 0.15) is 11.6 Å². The van der Waals surface area contributed by atoms with Crippen molar-refractivity contribution < 1.29 is 4.79 Å². The number of aryl methyl sites for hydroxylation is 1. The number of carbonyl (C=O) groups excluding carboxylic acids is 1. The standard InChI is InChI=1S/C23H34N4O/c1-16-7-21(27-5-3-2-4-6-27)26-20(25-16)15-24-22(28)14-23-11-17-8-18(12-23)10-19(9-17)13-23/h7,17-19H,2-6,8-15H2,1H3,(H,24,28). The van der Waals surface area contributed by atoms with Crippen LogP contribution in [0.4, 0.5) is 5.82 Å². The molecule has 0 spiro atoms. The van der Waals surface area contributed by atoms with Crippen molar-refractivity contribution in [2.45, 2.75) is 77.7 Å². The number of aromatic nitrogens is 2. The largest absolute Gasteiger partial charge is 0.357 e. The number of nitrogens with zero attached hydrogens (tertiary/aromatic N) is 3. The third-order valence-electron chi connectivity index (χ3n) is 7.71. The molecule has 5 aliphatic rings. The highest BCUT2D eigenvalue weighted by molar-refractivity contribution is 5.76. The number of piperidine rings is 1. The molecule has 1 aromatic rings. The Hall–Kier alpha value is -1.65. The number of amides is 1. The van der Waals surface area contributed by atoms with Gasteiger partial charge in [0.15, 0.2) is 0 Å². The van der Waals surface area contributed by atoms with Gasteiger partial charge in [0.25, 0.3) is 0 Å². The predicted octanol–water partition coefficient (Wildman–Crippen LogP) is 4.00. The number of hydrogen-bond donors (Lipinski definition) is 1. The molecule has 5 heteroatoms. The van der Waals surface area contributed by atoms with Crippen molar-refractivity contribution in [3.8, 4) is 0 Å². The first-order valence-corrected chi connectivity index (χ1v) is 11.4. The maximum absolute atomic E-state index is 12.8. The molecule has 0 radical (unpaired) electrons. The van der Waals surface area contributed by atoms with Crippen LogP contribution in [0.1, 0.15) is 75.7 Å². The first kappa shape index (κ1) is 18.4. The van der Waals surface area contributed by atoms with Crippen molar-refractivity contribution in [3.05, 3.63) is 17.6 Å². The first-order valence-electron chi connectivity index (χ1n) is 11.4. The molecule has 0 unspecified atom stereocenters. The molecule has 0 atom stereocenters. The topological polar surface area (TPSA) is 58.1 Å². The van der Waals surface area contributed by atoms with E-state index >= 15 is 0 Å². The molecule has 2 heterocycles. The summed E-state index contributed by atoms with van der Waals surface area (Å²) in [5, 5.41) is 3.15. The third-order valence-corrected chi connectivity index (χ3v) is 7.71. The number of anilines is 1. The monoisotopic (exact) mass is 382 g/mol. The van der Waals surface area contributed by atoms with Gasteiger partial charge in [-0.05, 0) is 87.9 Å².